The van der Waals surface area contributed by atoms with Crippen molar-refractivity contribution in [2.24, 2.45) is 0 Å². The molecule has 0 amide bonds. The molecule has 1 atom stereocenters. The molecule has 0 radical (unpaired) electrons. The summed E-state index contributed by atoms with van der Waals surface area (Å²) >= 11 is 0. The Bertz CT molecular complexity index is 599. The first-order valence-electron chi connectivity index (χ1n) is 7.83. The predicted molar refractivity (Wildman–Crippen MR) is 88.7 cm³/mol. The van der Waals surface area contributed by atoms with Crippen LogP contribution in [0.4, 0.5) is 0 Å². The monoisotopic (exact) mass is 285 g/mol. The van der Waals surface area contributed by atoms with Crippen LogP contribution < -0.4 is 5.32 Å². The van der Waals surface area contributed by atoms with Gasteiger partial charge in [-0.3, -0.25) is 4.68 Å². The molecule has 21 heavy (non-hydrogen) atoms. The summed E-state index contributed by atoms with van der Waals surface area (Å²) in [6.45, 7) is 12.6. The van der Waals surface area contributed by atoms with Gasteiger partial charge in [0.1, 0.15) is 0 Å². The van der Waals surface area contributed by atoms with E-state index in [2.05, 4.69) is 74.0 Å². The minimum absolute atomic E-state index is 0.309. The highest BCUT2D eigenvalue weighted by molar-refractivity contribution is 5.32. The van der Waals surface area contributed by atoms with Crippen LogP contribution >= 0.6 is 0 Å². The zero-order chi connectivity index (χ0) is 15.4. The largest absolute Gasteiger partial charge is 0.308 e. The average Bonchev–Trinajstić information content (AvgIpc) is 2.73. The molecule has 0 spiro atoms. The summed E-state index contributed by atoms with van der Waals surface area (Å²) in [5, 5.41) is 8.28. The standard InChI is InChI=1S/C18H27N3/c1-6-9-19-18(12-21-16(5)11-15(4)20-21)17-8-7-13(2)10-14(17)3/h7-8,10-11,18-19H,6,9,12H2,1-5H3. The molecule has 3 heteroatoms. The van der Waals surface area contributed by atoms with Crippen molar-refractivity contribution in [2.45, 2.75) is 53.6 Å². The number of hydrogen-bond donors (Lipinski definition) is 1. The Hall–Kier alpha value is -1.61. The molecule has 2 rings (SSSR count). The first-order chi connectivity index (χ1) is 10.0. The van der Waals surface area contributed by atoms with Gasteiger partial charge in [0.2, 0.25) is 0 Å². The van der Waals surface area contributed by atoms with Crippen LogP contribution in [0.3, 0.4) is 0 Å². The Labute approximate surface area is 128 Å². The third kappa shape index (κ3) is 3.94. The number of hydrogen-bond acceptors (Lipinski definition) is 2. The van der Waals surface area contributed by atoms with E-state index in [1.807, 2.05) is 0 Å². The van der Waals surface area contributed by atoms with E-state index in [1.54, 1.807) is 0 Å². The molecule has 0 bridgehead atoms. The second-order valence-electron chi connectivity index (χ2n) is 5.98. The lowest BCUT2D eigenvalue weighted by molar-refractivity contribution is 0.431. The molecule has 114 valence electrons. The average molecular weight is 285 g/mol. The third-order valence-electron chi connectivity index (χ3n) is 3.90. The van der Waals surface area contributed by atoms with Crippen LogP contribution in [0.5, 0.6) is 0 Å². The van der Waals surface area contributed by atoms with E-state index in [9.17, 15) is 0 Å². The van der Waals surface area contributed by atoms with E-state index in [1.165, 1.54) is 22.4 Å². The van der Waals surface area contributed by atoms with Gasteiger partial charge in [-0.25, -0.2) is 0 Å². The second kappa shape index (κ2) is 6.90. The number of rotatable bonds is 6. The molecule has 1 aromatic heterocycles. The second-order valence-corrected chi connectivity index (χ2v) is 5.98. The topological polar surface area (TPSA) is 29.9 Å². The minimum atomic E-state index is 0.309. The third-order valence-corrected chi connectivity index (χ3v) is 3.90. The Kier molecular flexibility index (Phi) is 5.18. The van der Waals surface area contributed by atoms with Crippen LogP contribution in [0.25, 0.3) is 0 Å². The summed E-state index contributed by atoms with van der Waals surface area (Å²) < 4.78 is 2.11. The van der Waals surface area contributed by atoms with Gasteiger partial charge in [0, 0.05) is 5.69 Å². The molecule has 3 nitrogen and oxygen atoms in total. The summed E-state index contributed by atoms with van der Waals surface area (Å²) in [4.78, 5) is 0. The maximum Gasteiger partial charge on any atom is 0.0607 e. The zero-order valence-corrected chi connectivity index (χ0v) is 13.9. The molecule has 1 N–H and O–H groups in total. The van der Waals surface area contributed by atoms with Gasteiger partial charge in [0.05, 0.1) is 18.3 Å². The van der Waals surface area contributed by atoms with E-state index in [0.29, 0.717) is 6.04 Å². The number of aryl methyl sites for hydroxylation is 4. The van der Waals surface area contributed by atoms with Crippen molar-refractivity contribution >= 4 is 0 Å². The van der Waals surface area contributed by atoms with E-state index in [0.717, 1.165) is 25.2 Å². The highest BCUT2D eigenvalue weighted by Gasteiger charge is 2.15. The van der Waals surface area contributed by atoms with Crippen molar-refractivity contribution < 1.29 is 0 Å². The maximum atomic E-state index is 4.61. The van der Waals surface area contributed by atoms with Gasteiger partial charge in [0.15, 0.2) is 0 Å². The van der Waals surface area contributed by atoms with Crippen LogP contribution in [0.15, 0.2) is 24.3 Å². The molecule has 1 unspecified atom stereocenters. The maximum absolute atomic E-state index is 4.61. The smallest absolute Gasteiger partial charge is 0.0607 e. The molecule has 0 fully saturated rings. The van der Waals surface area contributed by atoms with E-state index >= 15 is 0 Å². The Balaban J connectivity index is 2.27. The summed E-state index contributed by atoms with van der Waals surface area (Å²) in [6.07, 6.45) is 1.14. The lowest BCUT2D eigenvalue weighted by Crippen LogP contribution is -2.27. The number of aromatic nitrogens is 2. The van der Waals surface area contributed by atoms with Gasteiger partial charge in [-0.2, -0.15) is 5.10 Å². The molecule has 0 saturated heterocycles. The first kappa shape index (κ1) is 15.8. The quantitative estimate of drug-likeness (QED) is 0.873. The first-order valence-corrected chi connectivity index (χ1v) is 7.83. The minimum Gasteiger partial charge on any atom is -0.308 e. The molecule has 1 aromatic carbocycles. The molecule has 0 aliphatic rings. The highest BCUT2D eigenvalue weighted by atomic mass is 15.3. The van der Waals surface area contributed by atoms with E-state index in [-0.39, 0.29) is 0 Å². The fraction of sp³-hybridized carbons (Fsp3) is 0.500. The van der Waals surface area contributed by atoms with Crippen molar-refractivity contribution in [1.82, 2.24) is 15.1 Å². The molecular formula is C18H27N3. The number of benzene rings is 1. The molecule has 2 aromatic rings. The van der Waals surface area contributed by atoms with Gasteiger partial charge < -0.3 is 5.32 Å². The molecule has 0 aliphatic carbocycles. The van der Waals surface area contributed by atoms with Gasteiger partial charge in [-0.15, -0.1) is 0 Å². The van der Waals surface area contributed by atoms with Crippen molar-refractivity contribution in [2.75, 3.05) is 6.54 Å². The van der Waals surface area contributed by atoms with Crippen LogP contribution in [-0.4, -0.2) is 16.3 Å². The fourth-order valence-electron chi connectivity index (χ4n) is 2.84. The summed E-state index contributed by atoms with van der Waals surface area (Å²) in [7, 11) is 0. The van der Waals surface area contributed by atoms with Gasteiger partial charge in [-0.05, 0) is 57.9 Å². The van der Waals surface area contributed by atoms with Crippen LogP contribution in [-0.2, 0) is 6.54 Å². The normalized spacial score (nSPS) is 12.6. The molecule has 0 saturated carbocycles. The van der Waals surface area contributed by atoms with Gasteiger partial charge in [-0.1, -0.05) is 30.7 Å². The number of nitrogens with zero attached hydrogens (tertiary/aromatic N) is 2. The Morgan fingerprint density at radius 1 is 1.14 bits per heavy atom. The highest BCUT2D eigenvalue weighted by Crippen LogP contribution is 2.21. The van der Waals surface area contributed by atoms with Gasteiger partial charge in [0.25, 0.3) is 0 Å². The fourth-order valence-corrected chi connectivity index (χ4v) is 2.84. The Morgan fingerprint density at radius 3 is 2.48 bits per heavy atom. The van der Waals surface area contributed by atoms with E-state index < -0.39 is 0 Å². The summed E-state index contributed by atoms with van der Waals surface area (Å²) in [6, 6.07) is 9.16. The molecular weight excluding hydrogens is 258 g/mol. The van der Waals surface area contributed by atoms with Crippen molar-refractivity contribution in [3.8, 4) is 0 Å². The zero-order valence-electron chi connectivity index (χ0n) is 13.9. The van der Waals surface area contributed by atoms with Crippen LogP contribution in [0, 0.1) is 27.7 Å². The SMILES string of the molecule is CCCNC(Cn1nc(C)cc1C)c1ccc(C)cc1C. The van der Waals surface area contributed by atoms with Crippen LogP contribution in [0.1, 0.15) is 47.5 Å². The molecule has 1 heterocycles. The van der Waals surface area contributed by atoms with Crippen molar-refractivity contribution in [1.29, 1.82) is 0 Å². The number of nitrogens with one attached hydrogen (secondary N) is 1. The lowest BCUT2D eigenvalue weighted by Gasteiger charge is -2.22. The lowest BCUT2D eigenvalue weighted by atomic mass is 9.99. The Morgan fingerprint density at radius 2 is 1.90 bits per heavy atom. The molecule has 0 aliphatic heterocycles. The van der Waals surface area contributed by atoms with E-state index in [4.69, 9.17) is 0 Å². The predicted octanol–water partition coefficient (Wildman–Crippen LogP) is 3.86. The van der Waals surface area contributed by atoms with Crippen molar-refractivity contribution in [3.05, 3.63) is 52.3 Å². The summed E-state index contributed by atoms with van der Waals surface area (Å²) in [5.74, 6) is 0. The van der Waals surface area contributed by atoms with Gasteiger partial charge >= 0.3 is 0 Å². The van der Waals surface area contributed by atoms with Crippen LogP contribution in [0.2, 0.25) is 0 Å². The van der Waals surface area contributed by atoms with Crippen molar-refractivity contribution in [3.63, 3.8) is 0 Å². The summed E-state index contributed by atoms with van der Waals surface area (Å²) in [5.41, 5.74) is 6.35.